The van der Waals surface area contributed by atoms with Crippen LogP contribution in [-0.4, -0.2) is 11.5 Å². The Balaban J connectivity index is 1.52. The molecule has 0 fully saturated rings. The van der Waals surface area contributed by atoms with Gasteiger partial charge in [0.25, 0.3) is 0 Å². The van der Waals surface area contributed by atoms with E-state index in [0.717, 1.165) is 41.9 Å². The van der Waals surface area contributed by atoms with E-state index in [9.17, 15) is 0 Å². The van der Waals surface area contributed by atoms with E-state index in [4.69, 9.17) is 4.42 Å². The molecule has 3 aromatic rings. The predicted octanol–water partition coefficient (Wildman–Crippen LogP) is 3.16. The van der Waals surface area contributed by atoms with Gasteiger partial charge in [-0.15, -0.1) is 0 Å². The molecule has 0 radical (unpaired) electrons. The van der Waals surface area contributed by atoms with Gasteiger partial charge in [0.1, 0.15) is 11.3 Å². The molecule has 2 aromatic heterocycles. The van der Waals surface area contributed by atoms with Crippen LogP contribution in [-0.2, 0) is 13.0 Å². The second-order valence-electron chi connectivity index (χ2n) is 4.50. The van der Waals surface area contributed by atoms with Crippen molar-refractivity contribution in [2.75, 3.05) is 6.54 Å². The fraction of sp³-hybridized carbons (Fsp3) is 0.188. The van der Waals surface area contributed by atoms with Gasteiger partial charge in [0.05, 0.1) is 6.54 Å². The van der Waals surface area contributed by atoms with Crippen LogP contribution in [0.5, 0.6) is 0 Å². The first-order chi connectivity index (χ1) is 9.42. The molecule has 0 amide bonds. The van der Waals surface area contributed by atoms with E-state index in [-0.39, 0.29) is 0 Å². The van der Waals surface area contributed by atoms with Gasteiger partial charge in [-0.05, 0) is 24.3 Å². The Labute approximate surface area is 112 Å². The van der Waals surface area contributed by atoms with Crippen molar-refractivity contribution in [2.24, 2.45) is 0 Å². The van der Waals surface area contributed by atoms with E-state index in [0.29, 0.717) is 0 Å². The maximum atomic E-state index is 5.74. The monoisotopic (exact) mass is 252 g/mol. The Morgan fingerprint density at radius 2 is 1.95 bits per heavy atom. The lowest BCUT2D eigenvalue weighted by Crippen LogP contribution is -2.16. The summed E-state index contributed by atoms with van der Waals surface area (Å²) in [7, 11) is 0. The van der Waals surface area contributed by atoms with Crippen molar-refractivity contribution >= 4 is 11.0 Å². The van der Waals surface area contributed by atoms with Gasteiger partial charge >= 0.3 is 0 Å². The number of benzene rings is 1. The molecule has 0 bridgehead atoms. The third-order valence-electron chi connectivity index (χ3n) is 3.06. The lowest BCUT2D eigenvalue weighted by molar-refractivity contribution is 0.514. The van der Waals surface area contributed by atoms with Crippen molar-refractivity contribution in [3.63, 3.8) is 0 Å². The Hall–Kier alpha value is -2.13. The summed E-state index contributed by atoms with van der Waals surface area (Å²) in [5.74, 6) is 0.974. The number of hydrogen-bond donors (Lipinski definition) is 1. The van der Waals surface area contributed by atoms with E-state index in [1.807, 2.05) is 42.6 Å². The van der Waals surface area contributed by atoms with Crippen LogP contribution >= 0.6 is 0 Å². The lowest BCUT2D eigenvalue weighted by Gasteiger charge is -2.02. The van der Waals surface area contributed by atoms with E-state index in [1.54, 1.807) is 0 Å². The quantitative estimate of drug-likeness (QED) is 0.709. The first-order valence-corrected chi connectivity index (χ1v) is 6.50. The van der Waals surface area contributed by atoms with Crippen molar-refractivity contribution in [1.82, 2.24) is 10.3 Å². The lowest BCUT2D eigenvalue weighted by atomic mass is 10.2. The van der Waals surface area contributed by atoms with Gasteiger partial charge in [0.2, 0.25) is 0 Å². The van der Waals surface area contributed by atoms with Crippen molar-refractivity contribution in [1.29, 1.82) is 0 Å². The Kier molecular flexibility index (Phi) is 3.56. The minimum absolute atomic E-state index is 0.752. The highest BCUT2D eigenvalue weighted by atomic mass is 16.3. The van der Waals surface area contributed by atoms with Crippen LogP contribution in [0.2, 0.25) is 0 Å². The summed E-state index contributed by atoms with van der Waals surface area (Å²) in [6, 6.07) is 16.2. The molecule has 3 heteroatoms. The Bertz CT molecular complexity index is 613. The highest BCUT2D eigenvalue weighted by Crippen LogP contribution is 2.18. The average Bonchev–Trinajstić information content (AvgIpc) is 2.87. The largest absolute Gasteiger partial charge is 0.460 e. The van der Waals surface area contributed by atoms with E-state index < -0.39 is 0 Å². The van der Waals surface area contributed by atoms with Crippen LogP contribution in [0, 0.1) is 0 Å². The molecule has 0 aliphatic rings. The third kappa shape index (κ3) is 3.01. The van der Waals surface area contributed by atoms with Crippen LogP contribution < -0.4 is 5.32 Å². The molecule has 0 atom stereocenters. The zero-order chi connectivity index (χ0) is 12.9. The van der Waals surface area contributed by atoms with E-state index in [1.165, 1.54) is 0 Å². The van der Waals surface area contributed by atoms with Gasteiger partial charge in [-0.2, -0.15) is 0 Å². The SMILES string of the molecule is c1ccc(CCNCc2cc3ccccc3o2)nc1. The third-order valence-corrected chi connectivity index (χ3v) is 3.06. The van der Waals surface area contributed by atoms with E-state index in [2.05, 4.69) is 22.4 Å². The molecule has 19 heavy (non-hydrogen) atoms. The number of nitrogens with one attached hydrogen (secondary N) is 1. The second-order valence-corrected chi connectivity index (χ2v) is 4.50. The first-order valence-electron chi connectivity index (χ1n) is 6.50. The van der Waals surface area contributed by atoms with Gasteiger partial charge in [0.15, 0.2) is 0 Å². The molecular weight excluding hydrogens is 236 g/mol. The topological polar surface area (TPSA) is 38.1 Å². The molecule has 96 valence electrons. The fourth-order valence-corrected chi connectivity index (χ4v) is 2.10. The molecule has 0 unspecified atom stereocenters. The minimum Gasteiger partial charge on any atom is -0.460 e. The summed E-state index contributed by atoms with van der Waals surface area (Å²) < 4.78 is 5.74. The summed E-state index contributed by atoms with van der Waals surface area (Å²) in [5.41, 5.74) is 2.06. The van der Waals surface area contributed by atoms with Crippen molar-refractivity contribution in [3.05, 3.63) is 66.2 Å². The number of pyridine rings is 1. The van der Waals surface area contributed by atoms with Crippen molar-refractivity contribution in [3.8, 4) is 0 Å². The maximum Gasteiger partial charge on any atom is 0.134 e. The van der Waals surface area contributed by atoms with Gasteiger partial charge in [-0.1, -0.05) is 24.3 Å². The number of aromatic nitrogens is 1. The number of hydrogen-bond acceptors (Lipinski definition) is 3. The zero-order valence-electron chi connectivity index (χ0n) is 10.7. The van der Waals surface area contributed by atoms with Crippen LogP contribution in [0.1, 0.15) is 11.5 Å². The molecule has 0 saturated heterocycles. The molecule has 3 rings (SSSR count). The van der Waals surface area contributed by atoms with E-state index >= 15 is 0 Å². The Morgan fingerprint density at radius 1 is 1.05 bits per heavy atom. The number of fused-ring (bicyclic) bond motifs is 1. The van der Waals surface area contributed by atoms with Gasteiger partial charge in [0, 0.05) is 30.2 Å². The molecule has 1 N–H and O–H groups in total. The highest BCUT2D eigenvalue weighted by Gasteiger charge is 2.02. The van der Waals surface area contributed by atoms with Crippen LogP contribution in [0.4, 0.5) is 0 Å². The molecule has 1 aromatic carbocycles. The smallest absolute Gasteiger partial charge is 0.134 e. The standard InChI is InChI=1S/C16H16N2O/c1-2-7-16-13(5-1)11-15(19-16)12-17-10-8-14-6-3-4-9-18-14/h1-7,9,11,17H,8,10,12H2. The molecule has 2 heterocycles. The normalized spacial score (nSPS) is 10.9. The first kappa shape index (κ1) is 11.9. The van der Waals surface area contributed by atoms with Gasteiger partial charge < -0.3 is 9.73 Å². The minimum atomic E-state index is 0.752. The number of furan rings is 1. The molecule has 0 aliphatic carbocycles. The predicted molar refractivity (Wildman–Crippen MR) is 75.9 cm³/mol. The van der Waals surface area contributed by atoms with Gasteiger partial charge in [-0.25, -0.2) is 0 Å². The summed E-state index contributed by atoms with van der Waals surface area (Å²) >= 11 is 0. The molecular formula is C16H16N2O. The maximum absolute atomic E-state index is 5.74. The van der Waals surface area contributed by atoms with Gasteiger partial charge in [-0.3, -0.25) is 4.98 Å². The molecule has 3 nitrogen and oxygen atoms in total. The summed E-state index contributed by atoms with van der Waals surface area (Å²) in [4.78, 5) is 4.29. The van der Waals surface area contributed by atoms with Crippen molar-refractivity contribution in [2.45, 2.75) is 13.0 Å². The summed E-state index contributed by atoms with van der Waals surface area (Å²) in [6.45, 7) is 1.65. The molecule has 0 saturated carbocycles. The summed E-state index contributed by atoms with van der Waals surface area (Å²) in [5, 5.41) is 4.53. The van der Waals surface area contributed by atoms with Crippen LogP contribution in [0.15, 0.2) is 59.1 Å². The number of nitrogens with zero attached hydrogens (tertiary/aromatic N) is 1. The fourth-order valence-electron chi connectivity index (χ4n) is 2.10. The zero-order valence-corrected chi connectivity index (χ0v) is 10.7. The number of para-hydroxylation sites is 1. The van der Waals surface area contributed by atoms with Crippen LogP contribution in [0.3, 0.4) is 0 Å². The average molecular weight is 252 g/mol. The Morgan fingerprint density at radius 3 is 2.79 bits per heavy atom. The van der Waals surface area contributed by atoms with Crippen LogP contribution in [0.25, 0.3) is 11.0 Å². The highest BCUT2D eigenvalue weighted by molar-refractivity contribution is 5.77. The molecule has 0 aliphatic heterocycles. The molecule has 0 spiro atoms. The number of rotatable bonds is 5. The second kappa shape index (κ2) is 5.67. The summed E-state index contributed by atoms with van der Waals surface area (Å²) in [6.07, 6.45) is 2.76. The van der Waals surface area contributed by atoms with Crippen molar-refractivity contribution < 1.29 is 4.42 Å².